The maximum Gasteiger partial charge on any atom is 0.409 e. The highest BCUT2D eigenvalue weighted by Crippen LogP contribution is 2.47. The van der Waals surface area contributed by atoms with E-state index in [2.05, 4.69) is 5.32 Å². The molecule has 1 N–H and O–H groups in total. The van der Waals surface area contributed by atoms with Crippen LogP contribution >= 0.6 is 0 Å². The number of hydrogen-bond acceptors (Lipinski definition) is 4. The first kappa shape index (κ1) is 19.1. The van der Waals surface area contributed by atoms with Crippen LogP contribution in [0.3, 0.4) is 0 Å². The number of nitrogens with zero attached hydrogens (tertiary/aromatic N) is 2. The number of carbonyl (C=O) groups excluding carboxylic acids is 3. The Labute approximate surface area is 157 Å². The number of nitrogens with one attached hydrogen (secondary N) is 1. The molecule has 3 rings (SSSR count). The van der Waals surface area contributed by atoms with Gasteiger partial charge < -0.3 is 19.9 Å². The standard InChI is InChI=1S/C19H24FN3O4/c1-2-27-18(26)23-11-9-22(10-12-23)17(25)19(7-8-19)16(24)21-13-14-5-3-4-6-15(14)20/h3-6H,2,7-13H2,1H3,(H,21,24). The van der Waals surface area contributed by atoms with Crippen LogP contribution in [-0.2, 0) is 20.9 Å². The van der Waals surface area contributed by atoms with Crippen LogP contribution in [0.5, 0.6) is 0 Å². The van der Waals surface area contributed by atoms with Gasteiger partial charge in [0, 0.05) is 38.3 Å². The molecule has 2 fully saturated rings. The highest BCUT2D eigenvalue weighted by Gasteiger charge is 2.58. The van der Waals surface area contributed by atoms with Crippen LogP contribution in [0, 0.1) is 11.2 Å². The van der Waals surface area contributed by atoms with Crippen molar-refractivity contribution < 1.29 is 23.5 Å². The van der Waals surface area contributed by atoms with Crippen LogP contribution < -0.4 is 5.32 Å². The van der Waals surface area contributed by atoms with Crippen molar-refractivity contribution in [3.63, 3.8) is 0 Å². The predicted octanol–water partition coefficient (Wildman–Crippen LogP) is 1.52. The molecule has 0 bridgehead atoms. The van der Waals surface area contributed by atoms with Gasteiger partial charge in [-0.05, 0) is 25.8 Å². The first-order valence-corrected chi connectivity index (χ1v) is 9.20. The molecule has 1 aromatic carbocycles. The quantitative estimate of drug-likeness (QED) is 0.790. The molecule has 27 heavy (non-hydrogen) atoms. The molecule has 2 aliphatic rings. The molecule has 1 aliphatic carbocycles. The third-order valence-corrected chi connectivity index (χ3v) is 5.08. The monoisotopic (exact) mass is 377 g/mol. The average molecular weight is 377 g/mol. The highest BCUT2D eigenvalue weighted by atomic mass is 19.1. The molecule has 0 aromatic heterocycles. The van der Waals surface area contributed by atoms with E-state index in [0.717, 1.165) is 0 Å². The highest BCUT2D eigenvalue weighted by molar-refractivity contribution is 6.07. The maximum atomic E-state index is 13.7. The molecule has 0 atom stereocenters. The second kappa shape index (κ2) is 7.94. The van der Waals surface area contributed by atoms with E-state index in [0.29, 0.717) is 51.2 Å². The fourth-order valence-electron chi connectivity index (χ4n) is 3.26. The number of amides is 3. The maximum absolute atomic E-state index is 13.7. The minimum absolute atomic E-state index is 0.0528. The minimum atomic E-state index is -1.04. The van der Waals surface area contributed by atoms with Crippen molar-refractivity contribution in [2.45, 2.75) is 26.3 Å². The van der Waals surface area contributed by atoms with E-state index < -0.39 is 5.41 Å². The summed E-state index contributed by atoms with van der Waals surface area (Å²) in [4.78, 5) is 40.4. The number of hydrogen-bond donors (Lipinski definition) is 1. The van der Waals surface area contributed by atoms with Crippen molar-refractivity contribution in [3.8, 4) is 0 Å². The Kier molecular flexibility index (Phi) is 5.62. The lowest BCUT2D eigenvalue weighted by atomic mass is 10.0. The molecule has 3 amide bonds. The first-order chi connectivity index (χ1) is 13.0. The summed E-state index contributed by atoms with van der Waals surface area (Å²) in [6.07, 6.45) is 0.605. The summed E-state index contributed by atoms with van der Waals surface area (Å²) < 4.78 is 18.7. The Morgan fingerprint density at radius 1 is 1.11 bits per heavy atom. The minimum Gasteiger partial charge on any atom is -0.450 e. The molecule has 0 unspecified atom stereocenters. The molecule has 1 aromatic rings. The Balaban J connectivity index is 1.54. The molecule has 0 radical (unpaired) electrons. The number of carbonyl (C=O) groups is 3. The summed E-state index contributed by atoms with van der Waals surface area (Å²) in [5.41, 5.74) is -0.658. The lowest BCUT2D eigenvalue weighted by molar-refractivity contribution is -0.145. The van der Waals surface area contributed by atoms with Gasteiger partial charge in [0.05, 0.1) is 6.61 Å². The summed E-state index contributed by atoms with van der Waals surface area (Å²) in [5, 5.41) is 2.70. The van der Waals surface area contributed by atoms with E-state index in [9.17, 15) is 18.8 Å². The zero-order chi connectivity index (χ0) is 19.4. The first-order valence-electron chi connectivity index (χ1n) is 9.20. The van der Waals surface area contributed by atoms with Crippen molar-refractivity contribution in [3.05, 3.63) is 35.6 Å². The summed E-state index contributed by atoms with van der Waals surface area (Å²) in [6, 6.07) is 6.22. The molecular weight excluding hydrogens is 353 g/mol. The number of halogens is 1. The van der Waals surface area contributed by atoms with Crippen molar-refractivity contribution in [1.82, 2.24) is 15.1 Å². The second-order valence-electron chi connectivity index (χ2n) is 6.83. The van der Waals surface area contributed by atoms with Crippen LogP contribution in [0.1, 0.15) is 25.3 Å². The number of piperazine rings is 1. The van der Waals surface area contributed by atoms with Crippen molar-refractivity contribution in [1.29, 1.82) is 0 Å². The van der Waals surface area contributed by atoms with Gasteiger partial charge in [0.25, 0.3) is 0 Å². The van der Waals surface area contributed by atoms with Gasteiger partial charge in [0.1, 0.15) is 11.2 Å². The Morgan fingerprint density at radius 2 is 1.74 bits per heavy atom. The third kappa shape index (κ3) is 4.04. The smallest absolute Gasteiger partial charge is 0.409 e. The van der Waals surface area contributed by atoms with Crippen molar-refractivity contribution in [2.24, 2.45) is 5.41 Å². The van der Waals surface area contributed by atoms with Crippen LogP contribution in [0.2, 0.25) is 0 Å². The molecule has 1 saturated heterocycles. The number of benzene rings is 1. The molecule has 8 heteroatoms. The lowest BCUT2D eigenvalue weighted by Crippen LogP contribution is -2.54. The number of rotatable bonds is 5. The molecule has 7 nitrogen and oxygen atoms in total. The average Bonchev–Trinajstić information content (AvgIpc) is 3.49. The van der Waals surface area contributed by atoms with E-state index in [-0.39, 0.29) is 30.3 Å². The fraction of sp³-hybridized carbons (Fsp3) is 0.526. The van der Waals surface area contributed by atoms with Gasteiger partial charge in [-0.25, -0.2) is 9.18 Å². The van der Waals surface area contributed by atoms with Crippen LogP contribution in [0.25, 0.3) is 0 Å². The van der Waals surface area contributed by atoms with Crippen LogP contribution in [-0.4, -0.2) is 60.5 Å². The summed E-state index contributed by atoms with van der Waals surface area (Å²) in [5.74, 6) is -0.954. The molecule has 146 valence electrons. The second-order valence-corrected chi connectivity index (χ2v) is 6.83. The van der Waals surface area contributed by atoms with E-state index in [1.54, 1.807) is 34.9 Å². The topological polar surface area (TPSA) is 79.0 Å². The fourth-order valence-corrected chi connectivity index (χ4v) is 3.26. The van der Waals surface area contributed by atoms with Crippen LogP contribution in [0.15, 0.2) is 24.3 Å². The zero-order valence-corrected chi connectivity index (χ0v) is 15.4. The Hall–Kier alpha value is -2.64. The molecule has 1 aliphatic heterocycles. The van der Waals surface area contributed by atoms with Crippen molar-refractivity contribution in [2.75, 3.05) is 32.8 Å². The summed E-state index contributed by atoms with van der Waals surface area (Å²) in [7, 11) is 0. The van der Waals surface area contributed by atoms with Crippen LogP contribution in [0.4, 0.5) is 9.18 Å². The van der Waals surface area contributed by atoms with E-state index >= 15 is 0 Å². The lowest BCUT2D eigenvalue weighted by Gasteiger charge is -2.35. The Morgan fingerprint density at radius 3 is 2.33 bits per heavy atom. The van der Waals surface area contributed by atoms with E-state index in [1.807, 2.05) is 0 Å². The molecule has 0 spiro atoms. The Bertz CT molecular complexity index is 727. The molecule has 1 heterocycles. The van der Waals surface area contributed by atoms with Gasteiger partial charge in [-0.1, -0.05) is 18.2 Å². The normalized spacial score (nSPS) is 18.0. The predicted molar refractivity (Wildman–Crippen MR) is 95.1 cm³/mol. The van der Waals surface area contributed by atoms with Gasteiger partial charge in [0.15, 0.2) is 0 Å². The van der Waals surface area contributed by atoms with Gasteiger partial charge >= 0.3 is 6.09 Å². The largest absolute Gasteiger partial charge is 0.450 e. The van der Waals surface area contributed by atoms with E-state index in [4.69, 9.17) is 4.74 Å². The summed E-state index contributed by atoms with van der Waals surface area (Å²) >= 11 is 0. The van der Waals surface area contributed by atoms with Gasteiger partial charge in [-0.15, -0.1) is 0 Å². The zero-order valence-electron chi connectivity index (χ0n) is 15.4. The molecular formula is C19H24FN3O4. The van der Waals surface area contributed by atoms with Gasteiger partial charge in [0.2, 0.25) is 11.8 Å². The third-order valence-electron chi connectivity index (χ3n) is 5.08. The summed E-state index contributed by atoms with van der Waals surface area (Å²) in [6.45, 7) is 3.63. The van der Waals surface area contributed by atoms with Crippen molar-refractivity contribution >= 4 is 17.9 Å². The van der Waals surface area contributed by atoms with Gasteiger partial charge in [-0.2, -0.15) is 0 Å². The van der Waals surface area contributed by atoms with E-state index in [1.165, 1.54) is 6.07 Å². The number of ether oxygens (including phenoxy) is 1. The van der Waals surface area contributed by atoms with Gasteiger partial charge in [-0.3, -0.25) is 9.59 Å². The molecule has 1 saturated carbocycles. The SMILES string of the molecule is CCOC(=O)N1CCN(C(=O)C2(C(=O)NCc3ccccc3F)CC2)CC1.